The molecule has 0 bridgehead atoms. The Balaban J connectivity index is 1.68. The number of carbonyl (C=O) groups excluding carboxylic acids is 1. The Hall–Kier alpha value is -2.17. The van der Waals surface area contributed by atoms with Gasteiger partial charge in [-0.2, -0.15) is 0 Å². The minimum absolute atomic E-state index is 0.0870. The molecule has 0 spiro atoms. The first kappa shape index (κ1) is 14.8. The van der Waals surface area contributed by atoms with Crippen LogP contribution in [0, 0.1) is 0 Å². The van der Waals surface area contributed by atoms with Gasteiger partial charge in [0.05, 0.1) is 18.1 Å². The maximum atomic E-state index is 12.0. The molecule has 1 fully saturated rings. The second-order valence-electron chi connectivity index (χ2n) is 5.72. The van der Waals surface area contributed by atoms with E-state index in [1.54, 1.807) is 7.11 Å². The zero-order valence-electron chi connectivity index (χ0n) is 12.8. The van der Waals surface area contributed by atoms with Gasteiger partial charge in [-0.3, -0.25) is 4.79 Å². The molecule has 1 N–H and O–H groups in total. The lowest BCUT2D eigenvalue weighted by molar-refractivity contribution is -0.121. The van der Waals surface area contributed by atoms with Gasteiger partial charge in [-0.1, -0.05) is 25.0 Å². The molecule has 22 heavy (non-hydrogen) atoms. The van der Waals surface area contributed by atoms with Crippen LogP contribution in [0.25, 0.3) is 11.0 Å². The molecule has 0 atom stereocenters. The number of nitrogens with one attached hydrogen (secondary N) is 1. The molecule has 3 rings (SSSR count). The average Bonchev–Trinajstić information content (AvgIpc) is 3.04. The van der Waals surface area contributed by atoms with E-state index in [1.165, 1.54) is 12.8 Å². The van der Waals surface area contributed by atoms with Gasteiger partial charge >= 0.3 is 0 Å². The van der Waals surface area contributed by atoms with Gasteiger partial charge < -0.3 is 10.1 Å². The zero-order chi connectivity index (χ0) is 15.4. The molecule has 0 unspecified atom stereocenters. The van der Waals surface area contributed by atoms with Crippen LogP contribution in [0.4, 0.5) is 0 Å². The van der Waals surface area contributed by atoms with Crippen molar-refractivity contribution in [2.75, 3.05) is 7.11 Å². The maximum absolute atomic E-state index is 12.0. The molecule has 1 aromatic carbocycles. The topological polar surface area (TPSA) is 64.1 Å². The van der Waals surface area contributed by atoms with E-state index in [4.69, 9.17) is 4.74 Å². The van der Waals surface area contributed by atoms with Crippen molar-refractivity contribution in [3.8, 4) is 5.88 Å². The summed E-state index contributed by atoms with van der Waals surface area (Å²) in [6.07, 6.45) is 5.60. The molecule has 116 valence electrons. The van der Waals surface area contributed by atoms with E-state index in [9.17, 15) is 4.79 Å². The number of para-hydroxylation sites is 2. The van der Waals surface area contributed by atoms with Crippen molar-refractivity contribution in [1.82, 2.24) is 15.3 Å². The summed E-state index contributed by atoms with van der Waals surface area (Å²) in [6.45, 7) is 0. The number of hydrogen-bond donors (Lipinski definition) is 1. The number of carbonyl (C=O) groups is 1. The number of aromatic nitrogens is 2. The van der Waals surface area contributed by atoms with E-state index in [2.05, 4.69) is 15.3 Å². The van der Waals surface area contributed by atoms with Gasteiger partial charge in [0.15, 0.2) is 0 Å². The minimum Gasteiger partial charge on any atom is -0.480 e. The van der Waals surface area contributed by atoms with Crippen LogP contribution in [0.3, 0.4) is 0 Å². The summed E-state index contributed by atoms with van der Waals surface area (Å²) in [5.41, 5.74) is 2.37. The first-order valence-electron chi connectivity index (χ1n) is 7.85. The number of rotatable bonds is 5. The number of aryl methyl sites for hydroxylation is 1. The normalized spacial score (nSPS) is 15.1. The van der Waals surface area contributed by atoms with E-state index in [0.717, 1.165) is 29.6 Å². The van der Waals surface area contributed by atoms with Crippen LogP contribution in [0.2, 0.25) is 0 Å². The first-order chi connectivity index (χ1) is 10.8. The predicted molar refractivity (Wildman–Crippen MR) is 84.8 cm³/mol. The summed E-state index contributed by atoms with van der Waals surface area (Å²) in [6, 6.07) is 8.04. The van der Waals surface area contributed by atoms with Crippen molar-refractivity contribution in [3.63, 3.8) is 0 Å². The summed E-state index contributed by atoms with van der Waals surface area (Å²) < 4.78 is 5.31. The number of ether oxygens (including phenoxy) is 1. The van der Waals surface area contributed by atoms with Gasteiger partial charge in [0, 0.05) is 18.9 Å². The molecular weight excluding hydrogens is 278 g/mol. The first-order valence-corrected chi connectivity index (χ1v) is 7.85. The fourth-order valence-electron chi connectivity index (χ4n) is 2.95. The summed E-state index contributed by atoms with van der Waals surface area (Å²) in [7, 11) is 1.58. The molecule has 1 amide bonds. The molecule has 1 aliphatic rings. The van der Waals surface area contributed by atoms with E-state index in [0.29, 0.717) is 24.8 Å². The second kappa shape index (κ2) is 6.73. The lowest BCUT2D eigenvalue weighted by Crippen LogP contribution is -2.32. The van der Waals surface area contributed by atoms with Crippen molar-refractivity contribution in [3.05, 3.63) is 30.0 Å². The van der Waals surface area contributed by atoms with Crippen molar-refractivity contribution in [2.24, 2.45) is 0 Å². The quantitative estimate of drug-likeness (QED) is 0.922. The Morgan fingerprint density at radius 2 is 1.91 bits per heavy atom. The zero-order valence-corrected chi connectivity index (χ0v) is 12.8. The third-order valence-electron chi connectivity index (χ3n) is 4.11. The Morgan fingerprint density at radius 3 is 2.59 bits per heavy atom. The van der Waals surface area contributed by atoms with Crippen LogP contribution in [-0.4, -0.2) is 29.0 Å². The Morgan fingerprint density at radius 1 is 1.23 bits per heavy atom. The smallest absolute Gasteiger partial charge is 0.235 e. The van der Waals surface area contributed by atoms with Crippen molar-refractivity contribution in [1.29, 1.82) is 0 Å². The number of benzene rings is 1. The van der Waals surface area contributed by atoms with Crippen molar-refractivity contribution < 1.29 is 9.53 Å². The van der Waals surface area contributed by atoms with Gasteiger partial charge in [0.1, 0.15) is 5.69 Å². The molecule has 1 aromatic heterocycles. The van der Waals surface area contributed by atoms with Gasteiger partial charge in [0.2, 0.25) is 11.8 Å². The summed E-state index contributed by atoms with van der Waals surface area (Å²) in [5.74, 6) is 0.594. The Labute approximate surface area is 130 Å². The Kier molecular flexibility index (Phi) is 4.51. The number of hydrogen-bond acceptors (Lipinski definition) is 4. The third-order valence-corrected chi connectivity index (χ3v) is 4.11. The molecular formula is C17H21N3O2. The SMILES string of the molecule is COc1nc2ccccc2nc1CCC(=O)NC1CCCC1. The van der Waals surface area contributed by atoms with Gasteiger partial charge in [-0.15, -0.1) is 0 Å². The van der Waals surface area contributed by atoms with Gasteiger partial charge in [-0.25, -0.2) is 9.97 Å². The lowest BCUT2D eigenvalue weighted by atomic mass is 10.2. The highest BCUT2D eigenvalue weighted by Crippen LogP contribution is 2.20. The number of amides is 1. The summed E-state index contributed by atoms with van der Waals surface area (Å²) in [5, 5.41) is 3.10. The van der Waals surface area contributed by atoms with Crippen LogP contribution in [0.1, 0.15) is 37.8 Å². The summed E-state index contributed by atoms with van der Waals surface area (Å²) >= 11 is 0. The highest BCUT2D eigenvalue weighted by atomic mass is 16.5. The number of nitrogens with zero attached hydrogens (tertiary/aromatic N) is 2. The van der Waals surface area contributed by atoms with Crippen LogP contribution in [0.15, 0.2) is 24.3 Å². The Bertz CT molecular complexity index is 666. The molecule has 0 radical (unpaired) electrons. The average molecular weight is 299 g/mol. The lowest BCUT2D eigenvalue weighted by Gasteiger charge is -2.12. The van der Waals surface area contributed by atoms with E-state index in [-0.39, 0.29) is 5.91 Å². The molecule has 0 aliphatic heterocycles. The predicted octanol–water partition coefficient (Wildman–Crippen LogP) is 2.63. The van der Waals surface area contributed by atoms with E-state index in [1.807, 2.05) is 24.3 Å². The molecule has 5 nitrogen and oxygen atoms in total. The number of methoxy groups -OCH3 is 1. The third kappa shape index (κ3) is 3.35. The number of fused-ring (bicyclic) bond motifs is 1. The van der Waals surface area contributed by atoms with Crippen molar-refractivity contribution >= 4 is 16.9 Å². The minimum atomic E-state index is 0.0870. The van der Waals surface area contributed by atoms with Crippen LogP contribution in [0.5, 0.6) is 5.88 Å². The molecule has 1 aliphatic carbocycles. The molecule has 5 heteroatoms. The fraction of sp³-hybridized carbons (Fsp3) is 0.471. The van der Waals surface area contributed by atoms with Crippen LogP contribution < -0.4 is 10.1 Å². The molecule has 1 saturated carbocycles. The van der Waals surface area contributed by atoms with Gasteiger partial charge in [0.25, 0.3) is 0 Å². The largest absolute Gasteiger partial charge is 0.480 e. The second-order valence-corrected chi connectivity index (χ2v) is 5.72. The molecule has 0 saturated heterocycles. The standard InChI is InChI=1S/C17H21N3O2/c1-22-17-15(19-13-8-4-5-9-14(13)20-17)10-11-16(21)18-12-6-2-3-7-12/h4-5,8-9,12H,2-3,6-7,10-11H2,1H3,(H,18,21). The van der Waals surface area contributed by atoms with Crippen molar-refractivity contribution in [2.45, 2.75) is 44.6 Å². The summed E-state index contributed by atoms with van der Waals surface area (Å²) in [4.78, 5) is 21.1. The van der Waals surface area contributed by atoms with E-state index >= 15 is 0 Å². The molecule has 2 aromatic rings. The molecule has 1 heterocycles. The van der Waals surface area contributed by atoms with Crippen LogP contribution >= 0.6 is 0 Å². The van der Waals surface area contributed by atoms with Crippen LogP contribution in [-0.2, 0) is 11.2 Å². The highest BCUT2D eigenvalue weighted by molar-refractivity contribution is 5.77. The highest BCUT2D eigenvalue weighted by Gasteiger charge is 2.18. The fourth-order valence-corrected chi connectivity index (χ4v) is 2.95. The maximum Gasteiger partial charge on any atom is 0.235 e. The van der Waals surface area contributed by atoms with E-state index < -0.39 is 0 Å². The van der Waals surface area contributed by atoms with Gasteiger partial charge in [-0.05, 0) is 25.0 Å². The monoisotopic (exact) mass is 299 g/mol.